The lowest BCUT2D eigenvalue weighted by Crippen LogP contribution is -2.08. The van der Waals surface area contributed by atoms with Gasteiger partial charge in [-0.1, -0.05) is 0 Å². The number of benzene rings is 1. The number of hydrogen-bond acceptors (Lipinski definition) is 3. The van der Waals surface area contributed by atoms with E-state index in [2.05, 4.69) is 0 Å². The zero-order valence-electron chi connectivity index (χ0n) is 7.88. The van der Waals surface area contributed by atoms with Crippen molar-refractivity contribution in [1.29, 1.82) is 0 Å². The summed E-state index contributed by atoms with van der Waals surface area (Å²) in [7, 11) is 0. The summed E-state index contributed by atoms with van der Waals surface area (Å²) in [6.07, 6.45) is 0.155. The summed E-state index contributed by atoms with van der Waals surface area (Å²) in [5.41, 5.74) is 5.51. The Morgan fingerprint density at radius 1 is 1.57 bits per heavy atom. The fraction of sp³-hybridized carbons (Fsp3) is 0.300. The predicted molar refractivity (Wildman–Crippen MR) is 50.8 cm³/mol. The Balaban J connectivity index is 3.06. The molecule has 3 nitrogen and oxygen atoms in total. The van der Waals surface area contributed by atoms with Crippen LogP contribution in [0.25, 0.3) is 0 Å². The average Bonchev–Trinajstić information content (AvgIpc) is 2.13. The van der Waals surface area contributed by atoms with Crippen LogP contribution >= 0.6 is 0 Å². The van der Waals surface area contributed by atoms with Crippen LogP contribution in [-0.2, 0) is 0 Å². The molecule has 0 fully saturated rings. The Bertz CT molecular complexity index is 340. The van der Waals surface area contributed by atoms with E-state index in [-0.39, 0.29) is 35.6 Å². The summed E-state index contributed by atoms with van der Waals surface area (Å²) in [5.74, 6) is -1.04. The standard InChI is InChI=1S/C10H12FNO2/c1-6-8(11)4-7(5-10(6)14)9(13)2-3-12/h4-5,14H,2-3,12H2,1H3. The fourth-order valence-electron chi connectivity index (χ4n) is 1.10. The number of carbonyl (C=O) groups is 1. The Hall–Kier alpha value is -1.42. The van der Waals surface area contributed by atoms with E-state index in [4.69, 9.17) is 5.73 Å². The molecular formula is C10H12FNO2. The van der Waals surface area contributed by atoms with Crippen molar-refractivity contribution in [3.8, 4) is 5.75 Å². The van der Waals surface area contributed by atoms with E-state index in [1.165, 1.54) is 13.0 Å². The summed E-state index contributed by atoms with van der Waals surface area (Å²) in [6, 6.07) is 2.38. The van der Waals surface area contributed by atoms with Crippen molar-refractivity contribution >= 4 is 5.78 Å². The summed E-state index contributed by atoms with van der Waals surface area (Å²) in [5, 5.41) is 9.27. The van der Waals surface area contributed by atoms with Crippen LogP contribution in [0.2, 0.25) is 0 Å². The van der Waals surface area contributed by atoms with E-state index >= 15 is 0 Å². The van der Waals surface area contributed by atoms with E-state index in [0.29, 0.717) is 0 Å². The first-order chi connectivity index (χ1) is 6.56. The number of ketones is 1. The Morgan fingerprint density at radius 3 is 2.71 bits per heavy atom. The molecule has 0 spiro atoms. The second-order valence-corrected chi connectivity index (χ2v) is 3.06. The number of aromatic hydroxyl groups is 1. The number of nitrogens with two attached hydrogens (primary N) is 1. The molecule has 0 heterocycles. The third-order valence-electron chi connectivity index (χ3n) is 2.01. The van der Waals surface area contributed by atoms with Crippen LogP contribution in [0.1, 0.15) is 22.3 Å². The number of Topliss-reactive ketones (excluding diaryl/α,β-unsaturated/α-hetero) is 1. The van der Waals surface area contributed by atoms with Crippen molar-refractivity contribution in [1.82, 2.24) is 0 Å². The lowest BCUT2D eigenvalue weighted by Gasteiger charge is -2.04. The topological polar surface area (TPSA) is 63.3 Å². The van der Waals surface area contributed by atoms with Crippen LogP contribution in [0.4, 0.5) is 4.39 Å². The van der Waals surface area contributed by atoms with E-state index in [0.717, 1.165) is 6.07 Å². The number of halogens is 1. The molecule has 0 bridgehead atoms. The van der Waals surface area contributed by atoms with Gasteiger partial charge in [-0.15, -0.1) is 0 Å². The summed E-state index contributed by atoms with van der Waals surface area (Å²) < 4.78 is 13.1. The van der Waals surface area contributed by atoms with Gasteiger partial charge in [0.15, 0.2) is 5.78 Å². The molecule has 0 unspecified atom stereocenters. The maximum absolute atomic E-state index is 13.1. The molecule has 0 aliphatic heterocycles. The number of phenolic OH excluding ortho intramolecular Hbond substituents is 1. The minimum absolute atomic E-state index is 0.147. The lowest BCUT2D eigenvalue weighted by molar-refractivity contribution is 0.0984. The van der Waals surface area contributed by atoms with Crippen LogP contribution in [0.3, 0.4) is 0 Å². The molecule has 0 saturated carbocycles. The van der Waals surface area contributed by atoms with Gasteiger partial charge in [-0.05, 0) is 25.6 Å². The van der Waals surface area contributed by atoms with Crippen LogP contribution in [0, 0.1) is 12.7 Å². The van der Waals surface area contributed by atoms with Crippen LogP contribution in [0.5, 0.6) is 5.75 Å². The molecule has 0 aliphatic rings. The second kappa shape index (κ2) is 4.19. The van der Waals surface area contributed by atoms with Gasteiger partial charge < -0.3 is 10.8 Å². The van der Waals surface area contributed by atoms with Crippen molar-refractivity contribution in [3.05, 3.63) is 29.1 Å². The van der Waals surface area contributed by atoms with Gasteiger partial charge in [-0.2, -0.15) is 0 Å². The molecule has 1 aromatic rings. The van der Waals surface area contributed by atoms with Crippen LogP contribution in [0.15, 0.2) is 12.1 Å². The fourth-order valence-corrected chi connectivity index (χ4v) is 1.10. The Morgan fingerprint density at radius 2 is 2.21 bits per heavy atom. The van der Waals surface area contributed by atoms with Gasteiger partial charge >= 0.3 is 0 Å². The number of phenols is 1. The van der Waals surface area contributed by atoms with Gasteiger partial charge in [0.25, 0.3) is 0 Å². The Labute approximate surface area is 81.4 Å². The van der Waals surface area contributed by atoms with E-state index in [1.54, 1.807) is 0 Å². The first-order valence-electron chi connectivity index (χ1n) is 4.28. The first kappa shape index (κ1) is 10.7. The first-order valence-corrected chi connectivity index (χ1v) is 4.28. The SMILES string of the molecule is Cc1c(O)cc(C(=O)CCN)cc1F. The lowest BCUT2D eigenvalue weighted by atomic mass is 10.1. The summed E-state index contributed by atoms with van der Waals surface area (Å²) in [6.45, 7) is 1.66. The predicted octanol–water partition coefficient (Wildman–Crippen LogP) is 1.37. The molecule has 0 aromatic heterocycles. The zero-order valence-corrected chi connectivity index (χ0v) is 7.88. The van der Waals surface area contributed by atoms with Crippen molar-refractivity contribution in [2.45, 2.75) is 13.3 Å². The van der Waals surface area contributed by atoms with Gasteiger partial charge in [0.05, 0.1) is 0 Å². The third-order valence-corrected chi connectivity index (χ3v) is 2.01. The quantitative estimate of drug-likeness (QED) is 0.719. The minimum Gasteiger partial charge on any atom is -0.508 e. The monoisotopic (exact) mass is 197 g/mol. The van der Waals surface area contributed by atoms with Crippen molar-refractivity contribution in [3.63, 3.8) is 0 Å². The van der Waals surface area contributed by atoms with Gasteiger partial charge in [-0.25, -0.2) is 4.39 Å². The van der Waals surface area contributed by atoms with E-state index in [1.807, 2.05) is 0 Å². The van der Waals surface area contributed by atoms with Gasteiger partial charge in [0, 0.05) is 17.5 Å². The van der Waals surface area contributed by atoms with Crippen LogP contribution in [-0.4, -0.2) is 17.4 Å². The molecule has 0 aliphatic carbocycles. The number of hydrogen-bond donors (Lipinski definition) is 2. The van der Waals surface area contributed by atoms with Crippen LogP contribution < -0.4 is 5.73 Å². The van der Waals surface area contributed by atoms with Crippen molar-refractivity contribution in [2.24, 2.45) is 5.73 Å². The molecule has 0 radical (unpaired) electrons. The molecule has 0 atom stereocenters. The molecule has 3 N–H and O–H groups in total. The highest BCUT2D eigenvalue weighted by Crippen LogP contribution is 2.21. The number of carbonyl (C=O) groups excluding carboxylic acids is 1. The van der Waals surface area contributed by atoms with Gasteiger partial charge in [-0.3, -0.25) is 4.79 Å². The highest BCUT2D eigenvalue weighted by atomic mass is 19.1. The van der Waals surface area contributed by atoms with Crippen molar-refractivity contribution < 1.29 is 14.3 Å². The summed E-state index contributed by atoms with van der Waals surface area (Å²) >= 11 is 0. The largest absolute Gasteiger partial charge is 0.508 e. The summed E-state index contributed by atoms with van der Waals surface area (Å²) in [4.78, 5) is 11.3. The minimum atomic E-state index is -0.578. The third kappa shape index (κ3) is 2.09. The molecule has 1 rings (SSSR count). The highest BCUT2D eigenvalue weighted by molar-refractivity contribution is 5.96. The molecule has 4 heteroatoms. The molecular weight excluding hydrogens is 185 g/mol. The molecule has 14 heavy (non-hydrogen) atoms. The normalized spacial score (nSPS) is 10.2. The number of rotatable bonds is 3. The average molecular weight is 197 g/mol. The second-order valence-electron chi connectivity index (χ2n) is 3.06. The Kier molecular flexibility index (Phi) is 3.19. The van der Waals surface area contributed by atoms with E-state index in [9.17, 15) is 14.3 Å². The molecule has 76 valence electrons. The smallest absolute Gasteiger partial charge is 0.164 e. The maximum atomic E-state index is 13.1. The van der Waals surface area contributed by atoms with E-state index < -0.39 is 5.82 Å². The van der Waals surface area contributed by atoms with Crippen molar-refractivity contribution in [2.75, 3.05) is 6.54 Å². The molecule has 0 amide bonds. The highest BCUT2D eigenvalue weighted by Gasteiger charge is 2.10. The van der Waals surface area contributed by atoms with Gasteiger partial charge in [0.1, 0.15) is 11.6 Å². The zero-order chi connectivity index (χ0) is 10.7. The van der Waals surface area contributed by atoms with Gasteiger partial charge in [0.2, 0.25) is 0 Å². The molecule has 0 saturated heterocycles. The maximum Gasteiger partial charge on any atom is 0.164 e. The molecule has 1 aromatic carbocycles.